The van der Waals surface area contributed by atoms with Gasteiger partial charge in [-0.1, -0.05) is 0 Å². The smallest absolute Gasteiger partial charge is 0.274 e. The van der Waals surface area contributed by atoms with Gasteiger partial charge >= 0.3 is 0 Å². The summed E-state index contributed by atoms with van der Waals surface area (Å²) in [5.74, 6) is 0.393. The van der Waals surface area contributed by atoms with Gasteiger partial charge in [0.25, 0.3) is 5.91 Å². The number of aromatic nitrogens is 2. The molecule has 0 aromatic carbocycles. The van der Waals surface area contributed by atoms with Crippen LogP contribution in [0, 0.1) is 0 Å². The van der Waals surface area contributed by atoms with Crippen molar-refractivity contribution in [2.24, 2.45) is 0 Å². The minimum atomic E-state index is -0.218. The molecule has 2 N–H and O–H groups in total. The molecular formula is C11H18N4O2. The monoisotopic (exact) mass is 238 g/mol. The highest BCUT2D eigenvalue weighted by molar-refractivity contribution is 5.92. The van der Waals surface area contributed by atoms with Crippen LogP contribution < -0.4 is 5.32 Å². The lowest BCUT2D eigenvalue weighted by Gasteiger charge is -2.25. The van der Waals surface area contributed by atoms with Crippen LogP contribution in [-0.2, 0) is 0 Å². The van der Waals surface area contributed by atoms with Crippen LogP contribution >= 0.6 is 0 Å². The van der Waals surface area contributed by atoms with Gasteiger partial charge in [0.2, 0.25) is 0 Å². The third-order valence-corrected chi connectivity index (χ3v) is 2.36. The quantitative estimate of drug-likeness (QED) is 0.774. The van der Waals surface area contributed by atoms with Gasteiger partial charge in [0, 0.05) is 19.6 Å². The Morgan fingerprint density at radius 1 is 1.47 bits per heavy atom. The van der Waals surface area contributed by atoms with Gasteiger partial charge in [-0.05, 0) is 26.0 Å². The predicted octanol–water partition coefficient (Wildman–Crippen LogP) is 0.361. The Bertz CT molecular complexity index is 364. The van der Waals surface area contributed by atoms with Crippen molar-refractivity contribution in [3.05, 3.63) is 17.8 Å². The number of anilines is 1. The topological polar surface area (TPSA) is 78.4 Å². The SMILES string of the molecule is CNc1ccc(C(=O)N(CCO)C(C)C)nn1. The number of nitrogens with one attached hydrogen (secondary N) is 1. The number of amides is 1. The number of aliphatic hydroxyl groups is 1. The highest BCUT2D eigenvalue weighted by atomic mass is 16.3. The Hall–Kier alpha value is -1.69. The summed E-state index contributed by atoms with van der Waals surface area (Å²) in [7, 11) is 1.73. The Kier molecular flexibility index (Phi) is 4.84. The van der Waals surface area contributed by atoms with Gasteiger partial charge in [-0.15, -0.1) is 10.2 Å². The van der Waals surface area contributed by atoms with Gasteiger partial charge in [0.05, 0.1) is 6.61 Å². The average molecular weight is 238 g/mol. The number of nitrogens with zero attached hydrogens (tertiary/aromatic N) is 3. The zero-order valence-corrected chi connectivity index (χ0v) is 10.3. The summed E-state index contributed by atoms with van der Waals surface area (Å²) < 4.78 is 0. The molecular weight excluding hydrogens is 220 g/mol. The van der Waals surface area contributed by atoms with Gasteiger partial charge in [0.15, 0.2) is 5.69 Å². The summed E-state index contributed by atoms with van der Waals surface area (Å²) in [5.41, 5.74) is 0.283. The number of hydrogen-bond acceptors (Lipinski definition) is 5. The lowest BCUT2D eigenvalue weighted by Crippen LogP contribution is -2.39. The van der Waals surface area contributed by atoms with Gasteiger partial charge in [0.1, 0.15) is 5.82 Å². The average Bonchev–Trinajstić information content (AvgIpc) is 2.35. The highest BCUT2D eigenvalue weighted by Gasteiger charge is 2.19. The second kappa shape index (κ2) is 6.15. The van der Waals surface area contributed by atoms with Crippen molar-refractivity contribution < 1.29 is 9.90 Å². The first-order valence-corrected chi connectivity index (χ1v) is 5.53. The van der Waals surface area contributed by atoms with E-state index in [1.807, 2.05) is 13.8 Å². The molecule has 0 aliphatic rings. The first kappa shape index (κ1) is 13.4. The van der Waals surface area contributed by atoms with Crippen LogP contribution in [0.25, 0.3) is 0 Å². The lowest BCUT2D eigenvalue weighted by molar-refractivity contribution is 0.0658. The fourth-order valence-corrected chi connectivity index (χ4v) is 1.43. The molecule has 1 heterocycles. The van der Waals surface area contributed by atoms with Crippen molar-refractivity contribution >= 4 is 11.7 Å². The molecule has 17 heavy (non-hydrogen) atoms. The second-order valence-electron chi connectivity index (χ2n) is 3.87. The largest absolute Gasteiger partial charge is 0.395 e. The van der Waals surface area contributed by atoms with Gasteiger partial charge in [-0.25, -0.2) is 0 Å². The summed E-state index contributed by atoms with van der Waals surface area (Å²) >= 11 is 0. The summed E-state index contributed by atoms with van der Waals surface area (Å²) in [5, 5.41) is 19.5. The van der Waals surface area contributed by atoms with Crippen molar-refractivity contribution in [1.29, 1.82) is 0 Å². The molecule has 0 saturated carbocycles. The number of carbonyl (C=O) groups excluding carboxylic acids is 1. The van der Waals surface area contributed by atoms with Crippen molar-refractivity contribution in [3.63, 3.8) is 0 Å². The number of rotatable bonds is 5. The predicted molar refractivity (Wildman–Crippen MR) is 64.8 cm³/mol. The van der Waals surface area contributed by atoms with Crippen LogP contribution in [0.15, 0.2) is 12.1 Å². The standard InChI is InChI=1S/C11H18N4O2/c1-8(2)15(6-7-16)11(17)9-4-5-10(12-3)14-13-9/h4-5,8,16H,6-7H2,1-3H3,(H,12,14). The Labute approximate surface area is 101 Å². The fourth-order valence-electron chi connectivity index (χ4n) is 1.43. The third kappa shape index (κ3) is 3.39. The zero-order chi connectivity index (χ0) is 12.8. The molecule has 1 aromatic rings. The van der Waals surface area contributed by atoms with E-state index in [1.165, 1.54) is 0 Å². The normalized spacial score (nSPS) is 10.4. The van der Waals surface area contributed by atoms with Crippen LogP contribution in [0.2, 0.25) is 0 Å². The summed E-state index contributed by atoms with van der Waals surface area (Å²) in [6, 6.07) is 3.33. The van der Waals surface area contributed by atoms with Gasteiger partial charge in [-0.2, -0.15) is 0 Å². The van der Waals surface area contributed by atoms with E-state index >= 15 is 0 Å². The number of carbonyl (C=O) groups is 1. The Morgan fingerprint density at radius 3 is 2.59 bits per heavy atom. The van der Waals surface area contributed by atoms with Crippen molar-refractivity contribution in [2.45, 2.75) is 19.9 Å². The molecule has 0 aliphatic heterocycles. The second-order valence-corrected chi connectivity index (χ2v) is 3.87. The molecule has 0 fully saturated rings. The van der Waals surface area contributed by atoms with E-state index in [1.54, 1.807) is 24.1 Å². The summed E-state index contributed by atoms with van der Waals surface area (Å²) in [4.78, 5) is 13.6. The summed E-state index contributed by atoms with van der Waals surface area (Å²) in [6.07, 6.45) is 0. The molecule has 1 aromatic heterocycles. The third-order valence-electron chi connectivity index (χ3n) is 2.36. The van der Waals surface area contributed by atoms with Gasteiger partial charge in [-0.3, -0.25) is 4.79 Å². The molecule has 0 saturated heterocycles. The van der Waals surface area contributed by atoms with E-state index in [2.05, 4.69) is 15.5 Å². The van der Waals surface area contributed by atoms with Crippen LogP contribution in [0.3, 0.4) is 0 Å². The Balaban J connectivity index is 2.85. The molecule has 0 bridgehead atoms. The van der Waals surface area contributed by atoms with Crippen LogP contribution in [0.4, 0.5) is 5.82 Å². The van der Waals surface area contributed by atoms with Gasteiger partial charge < -0.3 is 15.3 Å². The van der Waals surface area contributed by atoms with Crippen LogP contribution in [-0.4, -0.2) is 52.4 Å². The molecule has 0 spiro atoms. The Morgan fingerprint density at radius 2 is 2.18 bits per heavy atom. The number of aliphatic hydroxyl groups excluding tert-OH is 1. The first-order valence-electron chi connectivity index (χ1n) is 5.53. The molecule has 6 heteroatoms. The lowest BCUT2D eigenvalue weighted by atomic mass is 10.2. The fraction of sp³-hybridized carbons (Fsp3) is 0.545. The number of hydrogen-bond donors (Lipinski definition) is 2. The van der Waals surface area contributed by atoms with E-state index in [-0.39, 0.29) is 24.2 Å². The zero-order valence-electron chi connectivity index (χ0n) is 10.3. The molecule has 1 amide bonds. The van der Waals surface area contributed by atoms with Crippen molar-refractivity contribution in [3.8, 4) is 0 Å². The molecule has 0 radical (unpaired) electrons. The van der Waals surface area contributed by atoms with Crippen molar-refractivity contribution in [2.75, 3.05) is 25.5 Å². The maximum Gasteiger partial charge on any atom is 0.274 e. The van der Waals surface area contributed by atoms with E-state index < -0.39 is 0 Å². The molecule has 0 atom stereocenters. The van der Waals surface area contributed by atoms with Crippen molar-refractivity contribution in [1.82, 2.24) is 15.1 Å². The first-order chi connectivity index (χ1) is 8.10. The van der Waals surface area contributed by atoms with Crippen LogP contribution in [0.1, 0.15) is 24.3 Å². The molecule has 0 unspecified atom stereocenters. The maximum atomic E-state index is 12.1. The minimum Gasteiger partial charge on any atom is -0.395 e. The van der Waals surface area contributed by atoms with E-state index in [0.29, 0.717) is 12.4 Å². The van der Waals surface area contributed by atoms with E-state index in [9.17, 15) is 4.79 Å². The van der Waals surface area contributed by atoms with E-state index in [0.717, 1.165) is 0 Å². The minimum absolute atomic E-state index is 0.0143. The molecule has 6 nitrogen and oxygen atoms in total. The maximum absolute atomic E-state index is 12.1. The summed E-state index contributed by atoms with van der Waals surface area (Å²) in [6.45, 7) is 4.02. The molecule has 94 valence electrons. The molecule has 1 rings (SSSR count). The molecule has 0 aliphatic carbocycles. The van der Waals surface area contributed by atoms with Crippen LogP contribution in [0.5, 0.6) is 0 Å². The highest BCUT2D eigenvalue weighted by Crippen LogP contribution is 2.07. The van der Waals surface area contributed by atoms with E-state index in [4.69, 9.17) is 5.11 Å².